The molecule has 2 aliphatic heterocycles. The molecule has 2 aromatic carbocycles. The van der Waals surface area contributed by atoms with Gasteiger partial charge in [-0.25, -0.2) is 0 Å². The van der Waals surface area contributed by atoms with E-state index in [2.05, 4.69) is 40.4 Å². The van der Waals surface area contributed by atoms with E-state index in [9.17, 15) is 4.79 Å². The van der Waals surface area contributed by atoms with Gasteiger partial charge in [0.15, 0.2) is 0 Å². The summed E-state index contributed by atoms with van der Waals surface area (Å²) in [4.78, 5) is 17.4. The van der Waals surface area contributed by atoms with E-state index in [0.29, 0.717) is 13.0 Å². The number of anilines is 1. The van der Waals surface area contributed by atoms with Crippen molar-refractivity contribution in [2.75, 3.05) is 58.5 Å². The molecule has 0 unspecified atom stereocenters. The number of nitrogens with zero attached hydrogens (tertiary/aromatic N) is 2. The highest BCUT2D eigenvalue weighted by Gasteiger charge is 2.25. The quantitative estimate of drug-likeness (QED) is 0.687. The highest BCUT2D eigenvalue weighted by molar-refractivity contribution is 5.76. The lowest BCUT2D eigenvalue weighted by molar-refractivity contribution is -0.121. The molecule has 0 aliphatic carbocycles. The molecule has 172 valence electrons. The van der Waals surface area contributed by atoms with Crippen molar-refractivity contribution in [1.29, 1.82) is 0 Å². The molecule has 0 bridgehead atoms. The Bertz CT molecular complexity index is 894. The van der Waals surface area contributed by atoms with Crippen LogP contribution in [0.2, 0.25) is 0 Å². The maximum absolute atomic E-state index is 12.6. The topological polar surface area (TPSA) is 54.0 Å². The molecule has 0 saturated carbocycles. The molecule has 1 fully saturated rings. The number of carbonyl (C=O) groups is 1. The van der Waals surface area contributed by atoms with Gasteiger partial charge in [0.2, 0.25) is 5.91 Å². The zero-order chi connectivity index (χ0) is 22.3. The Balaban J connectivity index is 1.40. The number of benzene rings is 2. The summed E-state index contributed by atoms with van der Waals surface area (Å²) in [6, 6.07) is 14.9. The molecule has 2 heterocycles. The second-order valence-corrected chi connectivity index (χ2v) is 8.73. The van der Waals surface area contributed by atoms with Gasteiger partial charge in [0.1, 0.15) is 5.75 Å². The van der Waals surface area contributed by atoms with Crippen LogP contribution in [0.5, 0.6) is 5.75 Å². The van der Waals surface area contributed by atoms with Crippen molar-refractivity contribution in [2.24, 2.45) is 0 Å². The van der Waals surface area contributed by atoms with Crippen molar-refractivity contribution in [1.82, 2.24) is 10.2 Å². The Morgan fingerprint density at radius 3 is 2.66 bits per heavy atom. The van der Waals surface area contributed by atoms with Crippen molar-refractivity contribution in [2.45, 2.75) is 31.7 Å². The number of methoxy groups -OCH3 is 1. The molecule has 32 heavy (non-hydrogen) atoms. The fraction of sp³-hybridized carbons (Fsp3) is 0.500. The smallest absolute Gasteiger partial charge is 0.220 e. The number of fused-ring (bicyclic) bond motifs is 1. The Morgan fingerprint density at radius 1 is 1.12 bits per heavy atom. The first-order valence-electron chi connectivity index (χ1n) is 11.7. The van der Waals surface area contributed by atoms with E-state index in [1.54, 1.807) is 7.11 Å². The SMILES string of the molecule is COc1ccc(CCC(=O)NC[C@@H](c2ccc3c(c2)CCCN3C)N2CCOCC2)cc1. The van der Waals surface area contributed by atoms with Crippen LogP contribution < -0.4 is 15.0 Å². The maximum atomic E-state index is 12.6. The minimum Gasteiger partial charge on any atom is -0.497 e. The van der Waals surface area contributed by atoms with E-state index in [0.717, 1.165) is 57.0 Å². The molecular formula is C26H35N3O3. The molecule has 2 aromatic rings. The molecule has 1 saturated heterocycles. The minimum absolute atomic E-state index is 0.0942. The third-order valence-electron chi connectivity index (χ3n) is 6.62. The summed E-state index contributed by atoms with van der Waals surface area (Å²) in [5.74, 6) is 0.930. The second kappa shape index (κ2) is 10.8. The first kappa shape index (κ1) is 22.6. The molecule has 4 rings (SSSR count). The highest BCUT2D eigenvalue weighted by atomic mass is 16.5. The summed E-state index contributed by atoms with van der Waals surface area (Å²) in [5, 5.41) is 3.20. The standard InChI is InChI=1S/C26H35N3O3/c1-28-13-3-4-21-18-22(8-11-24(21)28)25(29-14-16-32-17-15-29)19-27-26(30)12-7-20-5-9-23(31-2)10-6-20/h5-6,8-11,18,25H,3-4,7,12-17,19H2,1-2H3,(H,27,30)/t25-/m0/s1. The van der Waals surface area contributed by atoms with Crippen molar-refractivity contribution in [3.63, 3.8) is 0 Å². The van der Waals surface area contributed by atoms with Crippen LogP contribution in [-0.2, 0) is 22.4 Å². The summed E-state index contributed by atoms with van der Waals surface area (Å²) in [7, 11) is 3.83. The van der Waals surface area contributed by atoms with Gasteiger partial charge in [0.05, 0.1) is 26.4 Å². The van der Waals surface area contributed by atoms with Crippen LogP contribution in [0.4, 0.5) is 5.69 Å². The highest BCUT2D eigenvalue weighted by Crippen LogP contribution is 2.31. The number of ether oxygens (including phenoxy) is 2. The van der Waals surface area contributed by atoms with Gasteiger partial charge in [-0.05, 0) is 54.2 Å². The molecule has 1 atom stereocenters. The van der Waals surface area contributed by atoms with Gasteiger partial charge in [0, 0.05) is 45.3 Å². The second-order valence-electron chi connectivity index (χ2n) is 8.73. The normalized spacial score (nSPS) is 17.5. The number of morpholine rings is 1. The Kier molecular flexibility index (Phi) is 7.66. The summed E-state index contributed by atoms with van der Waals surface area (Å²) in [5.41, 5.74) is 5.19. The van der Waals surface area contributed by atoms with Gasteiger partial charge in [-0.3, -0.25) is 9.69 Å². The van der Waals surface area contributed by atoms with Gasteiger partial charge in [-0.2, -0.15) is 0 Å². The lowest BCUT2D eigenvalue weighted by Crippen LogP contribution is -2.44. The van der Waals surface area contributed by atoms with E-state index in [1.165, 1.54) is 23.2 Å². The monoisotopic (exact) mass is 437 g/mol. The summed E-state index contributed by atoms with van der Waals surface area (Å²) < 4.78 is 10.8. The van der Waals surface area contributed by atoms with Gasteiger partial charge >= 0.3 is 0 Å². The van der Waals surface area contributed by atoms with E-state index < -0.39 is 0 Å². The van der Waals surface area contributed by atoms with E-state index in [-0.39, 0.29) is 11.9 Å². The third kappa shape index (κ3) is 5.61. The van der Waals surface area contributed by atoms with Crippen LogP contribution >= 0.6 is 0 Å². The summed E-state index contributed by atoms with van der Waals surface area (Å²) in [6.07, 6.45) is 3.52. The molecular weight excluding hydrogens is 402 g/mol. The van der Waals surface area contributed by atoms with Crippen LogP contribution in [-0.4, -0.2) is 64.4 Å². The molecule has 6 nitrogen and oxygen atoms in total. The zero-order valence-corrected chi connectivity index (χ0v) is 19.3. The molecule has 0 radical (unpaired) electrons. The van der Waals surface area contributed by atoms with Crippen molar-refractivity contribution in [3.05, 3.63) is 59.2 Å². The van der Waals surface area contributed by atoms with Crippen LogP contribution in [0, 0.1) is 0 Å². The van der Waals surface area contributed by atoms with Crippen molar-refractivity contribution < 1.29 is 14.3 Å². The lowest BCUT2D eigenvalue weighted by Gasteiger charge is -2.36. The Hall–Kier alpha value is -2.57. The number of aryl methyl sites for hydroxylation is 2. The summed E-state index contributed by atoms with van der Waals surface area (Å²) in [6.45, 7) is 5.01. The average Bonchev–Trinajstić information content (AvgIpc) is 2.84. The van der Waals surface area contributed by atoms with Gasteiger partial charge < -0.3 is 19.7 Å². The number of amides is 1. The number of rotatable bonds is 8. The van der Waals surface area contributed by atoms with Gasteiger partial charge in [0.25, 0.3) is 0 Å². The number of hydrogen-bond donors (Lipinski definition) is 1. The average molecular weight is 438 g/mol. The fourth-order valence-electron chi connectivity index (χ4n) is 4.71. The van der Waals surface area contributed by atoms with E-state index in [1.807, 2.05) is 24.3 Å². The van der Waals surface area contributed by atoms with Gasteiger partial charge in [-0.1, -0.05) is 24.3 Å². The van der Waals surface area contributed by atoms with Crippen molar-refractivity contribution in [3.8, 4) is 5.75 Å². The molecule has 0 spiro atoms. The molecule has 0 aromatic heterocycles. The van der Waals surface area contributed by atoms with Crippen LogP contribution in [0.25, 0.3) is 0 Å². The first-order valence-corrected chi connectivity index (χ1v) is 11.7. The number of carbonyl (C=O) groups excluding carboxylic acids is 1. The minimum atomic E-state index is 0.0942. The van der Waals surface area contributed by atoms with E-state index >= 15 is 0 Å². The molecule has 2 aliphatic rings. The maximum Gasteiger partial charge on any atom is 0.220 e. The molecule has 6 heteroatoms. The molecule has 1 amide bonds. The predicted octanol–water partition coefficient (Wildman–Crippen LogP) is 3.20. The van der Waals surface area contributed by atoms with Crippen LogP contribution in [0.3, 0.4) is 0 Å². The Labute approximate surface area is 191 Å². The number of hydrogen-bond acceptors (Lipinski definition) is 5. The van der Waals surface area contributed by atoms with Gasteiger partial charge in [-0.15, -0.1) is 0 Å². The lowest BCUT2D eigenvalue weighted by atomic mass is 9.95. The van der Waals surface area contributed by atoms with Crippen LogP contribution in [0.1, 0.15) is 35.6 Å². The Morgan fingerprint density at radius 2 is 1.91 bits per heavy atom. The largest absolute Gasteiger partial charge is 0.497 e. The zero-order valence-electron chi connectivity index (χ0n) is 19.3. The molecule has 1 N–H and O–H groups in total. The fourth-order valence-corrected chi connectivity index (χ4v) is 4.71. The predicted molar refractivity (Wildman–Crippen MR) is 127 cm³/mol. The van der Waals surface area contributed by atoms with Crippen molar-refractivity contribution >= 4 is 11.6 Å². The first-order chi connectivity index (χ1) is 15.6. The van der Waals surface area contributed by atoms with E-state index in [4.69, 9.17) is 9.47 Å². The summed E-state index contributed by atoms with van der Waals surface area (Å²) >= 11 is 0. The number of nitrogens with one attached hydrogen (secondary N) is 1. The van der Waals surface area contributed by atoms with Crippen LogP contribution in [0.15, 0.2) is 42.5 Å². The third-order valence-corrected chi connectivity index (χ3v) is 6.62.